The van der Waals surface area contributed by atoms with Gasteiger partial charge in [-0.1, -0.05) is 24.3 Å². The van der Waals surface area contributed by atoms with Gasteiger partial charge in [0.2, 0.25) is 0 Å². The summed E-state index contributed by atoms with van der Waals surface area (Å²) in [4.78, 5) is 14.5. The van der Waals surface area contributed by atoms with Crippen LogP contribution in [0.15, 0.2) is 42.5 Å². The summed E-state index contributed by atoms with van der Waals surface area (Å²) in [6.07, 6.45) is -0.189. The highest BCUT2D eigenvalue weighted by molar-refractivity contribution is 5.97. The molecule has 0 aliphatic carbocycles. The first-order valence-corrected chi connectivity index (χ1v) is 7.97. The Kier molecular flexibility index (Phi) is 4.44. The van der Waals surface area contributed by atoms with Crippen LogP contribution < -0.4 is 0 Å². The fourth-order valence-electron chi connectivity index (χ4n) is 3.03. The molecule has 126 valence electrons. The number of benzene rings is 2. The molecule has 1 aliphatic heterocycles. The second-order valence-corrected chi connectivity index (χ2v) is 6.19. The first kappa shape index (κ1) is 16.3. The lowest BCUT2D eigenvalue weighted by Crippen LogP contribution is -2.48. The molecular formula is C19H21NO4. The highest BCUT2D eigenvalue weighted by Gasteiger charge is 2.32. The Morgan fingerprint density at radius 3 is 2.67 bits per heavy atom. The van der Waals surface area contributed by atoms with E-state index >= 15 is 0 Å². The van der Waals surface area contributed by atoms with E-state index in [-0.39, 0.29) is 35.1 Å². The summed E-state index contributed by atoms with van der Waals surface area (Å²) in [5.41, 5.74) is 2.37. The Bertz CT molecular complexity index is 759. The number of nitrogens with zero attached hydrogens (tertiary/aromatic N) is 1. The van der Waals surface area contributed by atoms with E-state index in [1.54, 1.807) is 4.90 Å². The molecule has 2 aromatic rings. The zero-order valence-electron chi connectivity index (χ0n) is 13.8. The number of carbonyl (C=O) groups excluding carboxylic acids is 1. The minimum atomic E-state index is -0.262. The topological polar surface area (TPSA) is 70.0 Å². The van der Waals surface area contributed by atoms with Gasteiger partial charge >= 0.3 is 0 Å². The molecule has 0 spiro atoms. The molecule has 1 heterocycles. The predicted octanol–water partition coefficient (Wildman–Crippen LogP) is 3.01. The minimum absolute atomic E-state index is 0.0723. The molecule has 0 radical (unpaired) electrons. The molecule has 3 rings (SSSR count). The molecule has 0 bridgehead atoms. The average molecular weight is 327 g/mol. The summed E-state index contributed by atoms with van der Waals surface area (Å²) in [5, 5.41) is 19.4. The van der Waals surface area contributed by atoms with Gasteiger partial charge in [0.15, 0.2) is 0 Å². The van der Waals surface area contributed by atoms with E-state index in [4.69, 9.17) is 4.74 Å². The number of amides is 1. The van der Waals surface area contributed by atoms with Crippen LogP contribution in [-0.4, -0.2) is 40.2 Å². The molecule has 2 atom stereocenters. The molecule has 1 fully saturated rings. The van der Waals surface area contributed by atoms with E-state index in [1.807, 2.05) is 38.1 Å². The van der Waals surface area contributed by atoms with Gasteiger partial charge in [-0.2, -0.15) is 0 Å². The molecule has 2 N–H and O–H groups in total. The average Bonchev–Trinajstić information content (AvgIpc) is 2.55. The zero-order chi connectivity index (χ0) is 17.3. The second-order valence-electron chi connectivity index (χ2n) is 6.19. The van der Waals surface area contributed by atoms with Gasteiger partial charge in [0.05, 0.1) is 24.8 Å². The number of aryl methyl sites for hydroxylation is 1. The second kappa shape index (κ2) is 6.53. The van der Waals surface area contributed by atoms with E-state index in [9.17, 15) is 15.0 Å². The van der Waals surface area contributed by atoms with Crippen molar-refractivity contribution in [1.82, 2.24) is 4.90 Å². The molecule has 5 heteroatoms. The van der Waals surface area contributed by atoms with Crippen molar-refractivity contribution < 1.29 is 19.7 Å². The van der Waals surface area contributed by atoms with Gasteiger partial charge in [0, 0.05) is 6.07 Å². The van der Waals surface area contributed by atoms with Crippen LogP contribution in [0.25, 0.3) is 0 Å². The Morgan fingerprint density at radius 2 is 1.96 bits per heavy atom. The minimum Gasteiger partial charge on any atom is -0.508 e. The lowest BCUT2D eigenvalue weighted by Gasteiger charge is -2.38. The lowest BCUT2D eigenvalue weighted by atomic mass is 10.0. The van der Waals surface area contributed by atoms with E-state index in [2.05, 4.69) is 0 Å². The molecule has 24 heavy (non-hydrogen) atoms. The number of rotatable bonds is 2. The Balaban J connectivity index is 1.86. The fourth-order valence-corrected chi connectivity index (χ4v) is 3.03. The van der Waals surface area contributed by atoms with Gasteiger partial charge in [0.1, 0.15) is 17.6 Å². The molecule has 0 saturated carbocycles. The standard InChI is InChI=1S/C19H21NO4/c1-12-5-3-4-6-15(12)18-10-20(13(2)11-24-18)19(23)16-8-7-14(21)9-17(16)22/h3-9,13,18,21-22H,10-11H2,1-2H3/t13-,18+/m0/s1. The highest BCUT2D eigenvalue weighted by Crippen LogP contribution is 2.30. The molecule has 0 aromatic heterocycles. The maximum atomic E-state index is 12.8. The molecule has 1 saturated heterocycles. The van der Waals surface area contributed by atoms with Crippen molar-refractivity contribution in [2.75, 3.05) is 13.2 Å². The fraction of sp³-hybridized carbons (Fsp3) is 0.316. The number of aromatic hydroxyl groups is 2. The van der Waals surface area contributed by atoms with Gasteiger partial charge in [-0.15, -0.1) is 0 Å². The number of phenolic OH excluding ortho intramolecular Hbond substituents is 2. The largest absolute Gasteiger partial charge is 0.508 e. The smallest absolute Gasteiger partial charge is 0.258 e. The van der Waals surface area contributed by atoms with E-state index in [1.165, 1.54) is 18.2 Å². The van der Waals surface area contributed by atoms with Crippen LogP contribution >= 0.6 is 0 Å². The highest BCUT2D eigenvalue weighted by atomic mass is 16.5. The molecule has 5 nitrogen and oxygen atoms in total. The Labute approximate surface area is 141 Å². The molecule has 2 aromatic carbocycles. The summed E-state index contributed by atoms with van der Waals surface area (Å²) in [6, 6.07) is 11.9. The summed E-state index contributed by atoms with van der Waals surface area (Å²) in [7, 11) is 0. The van der Waals surface area contributed by atoms with Gasteiger partial charge in [0.25, 0.3) is 5.91 Å². The number of morpholine rings is 1. The summed E-state index contributed by atoms with van der Waals surface area (Å²) < 4.78 is 5.93. The first-order valence-electron chi connectivity index (χ1n) is 7.97. The quantitative estimate of drug-likeness (QED) is 0.889. The Hall–Kier alpha value is -2.53. The Morgan fingerprint density at radius 1 is 1.21 bits per heavy atom. The molecule has 1 amide bonds. The SMILES string of the molecule is Cc1ccccc1[C@H]1CN(C(=O)c2ccc(O)cc2O)[C@@H](C)CO1. The lowest BCUT2D eigenvalue weighted by molar-refractivity contribution is -0.0489. The van der Waals surface area contributed by atoms with E-state index < -0.39 is 0 Å². The normalized spacial score (nSPS) is 20.8. The van der Waals surface area contributed by atoms with Gasteiger partial charge in [-0.05, 0) is 37.1 Å². The summed E-state index contributed by atoms with van der Waals surface area (Å²) >= 11 is 0. The summed E-state index contributed by atoms with van der Waals surface area (Å²) in [5.74, 6) is -0.551. The van der Waals surface area contributed by atoms with Crippen LogP contribution in [0.4, 0.5) is 0 Å². The summed E-state index contributed by atoms with van der Waals surface area (Å²) in [6.45, 7) is 4.80. The third-order valence-electron chi connectivity index (χ3n) is 4.44. The van der Waals surface area contributed by atoms with E-state index in [0.717, 1.165) is 11.1 Å². The predicted molar refractivity (Wildman–Crippen MR) is 90.1 cm³/mol. The maximum absolute atomic E-state index is 12.8. The third kappa shape index (κ3) is 3.08. The first-order chi connectivity index (χ1) is 11.5. The monoisotopic (exact) mass is 327 g/mol. The van der Waals surface area contributed by atoms with Crippen LogP contribution in [0.2, 0.25) is 0 Å². The van der Waals surface area contributed by atoms with Gasteiger partial charge < -0.3 is 19.8 Å². The van der Waals surface area contributed by atoms with Crippen LogP contribution in [-0.2, 0) is 4.74 Å². The van der Waals surface area contributed by atoms with Crippen molar-refractivity contribution in [1.29, 1.82) is 0 Å². The van der Waals surface area contributed by atoms with Gasteiger partial charge in [-0.25, -0.2) is 0 Å². The maximum Gasteiger partial charge on any atom is 0.258 e. The number of carbonyl (C=O) groups is 1. The zero-order valence-corrected chi connectivity index (χ0v) is 13.8. The van der Waals surface area contributed by atoms with Crippen molar-refractivity contribution in [3.8, 4) is 11.5 Å². The van der Waals surface area contributed by atoms with Crippen LogP contribution in [0, 0.1) is 6.92 Å². The van der Waals surface area contributed by atoms with Gasteiger partial charge in [-0.3, -0.25) is 4.79 Å². The number of phenols is 2. The van der Waals surface area contributed by atoms with Crippen molar-refractivity contribution >= 4 is 5.91 Å². The van der Waals surface area contributed by atoms with Crippen molar-refractivity contribution in [2.45, 2.75) is 26.0 Å². The van der Waals surface area contributed by atoms with Crippen LogP contribution in [0.1, 0.15) is 34.5 Å². The van der Waals surface area contributed by atoms with Crippen LogP contribution in [0.5, 0.6) is 11.5 Å². The van der Waals surface area contributed by atoms with Crippen molar-refractivity contribution in [2.24, 2.45) is 0 Å². The third-order valence-corrected chi connectivity index (χ3v) is 4.44. The van der Waals surface area contributed by atoms with Crippen molar-refractivity contribution in [3.63, 3.8) is 0 Å². The molecule has 1 aliphatic rings. The number of ether oxygens (including phenoxy) is 1. The van der Waals surface area contributed by atoms with E-state index in [0.29, 0.717) is 13.2 Å². The molecule has 0 unspecified atom stereocenters. The number of hydrogen-bond donors (Lipinski definition) is 2. The van der Waals surface area contributed by atoms with Crippen LogP contribution in [0.3, 0.4) is 0 Å². The van der Waals surface area contributed by atoms with Crippen molar-refractivity contribution in [3.05, 3.63) is 59.2 Å². The molecular weight excluding hydrogens is 306 g/mol. The number of hydrogen-bond acceptors (Lipinski definition) is 4.